The predicted octanol–water partition coefficient (Wildman–Crippen LogP) is 6.28. The van der Waals surface area contributed by atoms with Crippen molar-refractivity contribution in [2.24, 2.45) is 0 Å². The number of ether oxygens (including phenoxy) is 3. The normalized spacial score (nSPS) is 13.2. The maximum absolute atomic E-state index is 13.4. The van der Waals surface area contributed by atoms with Crippen LogP contribution < -0.4 is 10.1 Å². The van der Waals surface area contributed by atoms with Gasteiger partial charge in [0.2, 0.25) is 0 Å². The quantitative estimate of drug-likeness (QED) is 0.313. The van der Waals surface area contributed by atoms with Crippen LogP contribution in [0.25, 0.3) is 0 Å². The van der Waals surface area contributed by atoms with Gasteiger partial charge in [-0.25, -0.2) is 0 Å². The van der Waals surface area contributed by atoms with Gasteiger partial charge in [0.05, 0.1) is 18.9 Å². The molecule has 0 aliphatic heterocycles. The van der Waals surface area contributed by atoms with Gasteiger partial charge in [0.25, 0.3) is 5.91 Å². The number of rotatable bonds is 12. The molecule has 10 heteroatoms. The Morgan fingerprint density at radius 1 is 0.897 bits per heavy atom. The molecule has 7 nitrogen and oxygen atoms in total. The number of halogens is 3. The van der Waals surface area contributed by atoms with Gasteiger partial charge in [-0.05, 0) is 69.5 Å². The average molecular weight is 552 g/mol. The van der Waals surface area contributed by atoms with Gasteiger partial charge in [-0.1, -0.05) is 37.6 Å². The first-order valence-corrected chi connectivity index (χ1v) is 12.9. The van der Waals surface area contributed by atoms with Crippen LogP contribution in [0.2, 0.25) is 0 Å². The van der Waals surface area contributed by atoms with Crippen molar-refractivity contribution in [3.05, 3.63) is 65.2 Å². The molecular weight excluding hydrogens is 515 g/mol. The standard InChI is InChI=1S/C29H36F3NO6/c1-6-8-23(19-9-11-21(12-10-19)26(35)33-18-17-24(34)37-7-2)25(27(36)39-28(3,4)5)20-13-15-22(16-14-20)38-29(30,31)32/h9-16,23,25H,6-8,17-18H2,1-5H3,(H,33,35)/t23-,25+/m1/s1. The number of hydrogen-bond donors (Lipinski definition) is 1. The lowest BCUT2D eigenvalue weighted by atomic mass is 9.78. The Labute approximate surface area is 227 Å². The minimum Gasteiger partial charge on any atom is -0.466 e. The highest BCUT2D eigenvalue weighted by atomic mass is 19.4. The second kappa shape index (κ2) is 14.0. The maximum Gasteiger partial charge on any atom is 0.573 e. The Bertz CT molecular complexity index is 1090. The number of carbonyl (C=O) groups excluding carboxylic acids is 3. The lowest BCUT2D eigenvalue weighted by molar-refractivity contribution is -0.274. The largest absolute Gasteiger partial charge is 0.573 e. The minimum atomic E-state index is -4.83. The van der Waals surface area contributed by atoms with Crippen LogP contribution >= 0.6 is 0 Å². The van der Waals surface area contributed by atoms with Crippen LogP contribution in [0.1, 0.15) is 87.2 Å². The first kappa shape index (κ1) is 31.7. The second-order valence-electron chi connectivity index (χ2n) is 9.96. The third-order valence-electron chi connectivity index (χ3n) is 5.66. The second-order valence-corrected chi connectivity index (χ2v) is 9.96. The Morgan fingerprint density at radius 3 is 2.00 bits per heavy atom. The number of nitrogens with one attached hydrogen (secondary N) is 1. The highest BCUT2D eigenvalue weighted by Gasteiger charge is 2.35. The molecule has 0 aliphatic rings. The van der Waals surface area contributed by atoms with Crippen LogP contribution in [-0.4, -0.2) is 43.0 Å². The molecule has 214 valence electrons. The Balaban J connectivity index is 2.33. The summed E-state index contributed by atoms with van der Waals surface area (Å²) >= 11 is 0. The van der Waals surface area contributed by atoms with Gasteiger partial charge in [0.1, 0.15) is 11.4 Å². The van der Waals surface area contributed by atoms with Crippen molar-refractivity contribution in [3.8, 4) is 5.75 Å². The number of amides is 1. The number of esters is 2. The molecule has 2 rings (SSSR count). The monoisotopic (exact) mass is 551 g/mol. The number of benzene rings is 2. The van der Waals surface area contributed by atoms with E-state index < -0.39 is 29.8 Å². The molecule has 0 bridgehead atoms. The van der Waals surface area contributed by atoms with Crippen LogP contribution in [0.15, 0.2) is 48.5 Å². The smallest absolute Gasteiger partial charge is 0.466 e. The molecule has 2 atom stereocenters. The summed E-state index contributed by atoms with van der Waals surface area (Å²) in [6.45, 7) is 9.29. The molecule has 1 N–H and O–H groups in total. The van der Waals surface area contributed by atoms with Crippen LogP contribution in [0.3, 0.4) is 0 Å². The topological polar surface area (TPSA) is 90.9 Å². The lowest BCUT2D eigenvalue weighted by Crippen LogP contribution is -2.31. The van der Waals surface area contributed by atoms with Crippen molar-refractivity contribution >= 4 is 17.8 Å². The molecule has 39 heavy (non-hydrogen) atoms. The average Bonchev–Trinajstić information content (AvgIpc) is 2.83. The van der Waals surface area contributed by atoms with E-state index in [1.807, 2.05) is 6.92 Å². The molecular formula is C29H36F3NO6. The molecule has 0 radical (unpaired) electrons. The third-order valence-corrected chi connectivity index (χ3v) is 5.66. The van der Waals surface area contributed by atoms with E-state index in [0.29, 0.717) is 17.5 Å². The van der Waals surface area contributed by atoms with Crippen molar-refractivity contribution in [1.82, 2.24) is 5.32 Å². The van der Waals surface area contributed by atoms with E-state index in [-0.39, 0.29) is 37.1 Å². The first-order chi connectivity index (χ1) is 18.2. The van der Waals surface area contributed by atoms with E-state index in [2.05, 4.69) is 10.1 Å². The maximum atomic E-state index is 13.4. The molecule has 0 heterocycles. The zero-order chi connectivity index (χ0) is 29.2. The van der Waals surface area contributed by atoms with Gasteiger partial charge in [-0.15, -0.1) is 13.2 Å². The van der Waals surface area contributed by atoms with E-state index in [0.717, 1.165) is 12.0 Å². The van der Waals surface area contributed by atoms with Crippen molar-refractivity contribution in [2.75, 3.05) is 13.2 Å². The minimum absolute atomic E-state index is 0.0562. The summed E-state index contributed by atoms with van der Waals surface area (Å²) in [4.78, 5) is 37.4. The van der Waals surface area contributed by atoms with Gasteiger partial charge < -0.3 is 19.5 Å². The van der Waals surface area contributed by atoms with Gasteiger partial charge >= 0.3 is 18.3 Å². The van der Waals surface area contributed by atoms with E-state index in [1.165, 1.54) is 24.3 Å². The molecule has 2 aromatic rings. The summed E-state index contributed by atoms with van der Waals surface area (Å²) < 4.78 is 52.5. The van der Waals surface area contributed by atoms with E-state index in [4.69, 9.17) is 9.47 Å². The van der Waals surface area contributed by atoms with Gasteiger partial charge in [0.15, 0.2) is 0 Å². The van der Waals surface area contributed by atoms with Crippen LogP contribution in [-0.2, 0) is 19.1 Å². The zero-order valence-electron chi connectivity index (χ0n) is 22.9. The fourth-order valence-electron chi connectivity index (χ4n) is 4.11. The van der Waals surface area contributed by atoms with Gasteiger partial charge in [0, 0.05) is 18.0 Å². The molecule has 0 fully saturated rings. The highest BCUT2D eigenvalue weighted by molar-refractivity contribution is 5.94. The van der Waals surface area contributed by atoms with Crippen molar-refractivity contribution in [1.29, 1.82) is 0 Å². The molecule has 0 unspecified atom stereocenters. The fraction of sp³-hybridized carbons (Fsp3) is 0.483. The van der Waals surface area contributed by atoms with E-state index >= 15 is 0 Å². The van der Waals surface area contributed by atoms with Crippen molar-refractivity contribution in [3.63, 3.8) is 0 Å². The van der Waals surface area contributed by atoms with Crippen LogP contribution in [0, 0.1) is 0 Å². The van der Waals surface area contributed by atoms with Crippen LogP contribution in [0.5, 0.6) is 5.75 Å². The summed E-state index contributed by atoms with van der Waals surface area (Å²) in [5.74, 6) is -2.84. The summed E-state index contributed by atoms with van der Waals surface area (Å²) in [7, 11) is 0. The summed E-state index contributed by atoms with van der Waals surface area (Å²) in [5, 5.41) is 2.67. The summed E-state index contributed by atoms with van der Waals surface area (Å²) in [6, 6.07) is 12.0. The predicted molar refractivity (Wildman–Crippen MR) is 139 cm³/mol. The Kier molecular flexibility index (Phi) is 11.4. The zero-order valence-corrected chi connectivity index (χ0v) is 22.9. The number of carbonyl (C=O) groups is 3. The number of hydrogen-bond acceptors (Lipinski definition) is 6. The first-order valence-electron chi connectivity index (χ1n) is 12.9. The molecule has 0 spiro atoms. The van der Waals surface area contributed by atoms with Gasteiger partial charge in [-0.2, -0.15) is 0 Å². The van der Waals surface area contributed by atoms with Crippen molar-refractivity contribution in [2.45, 2.75) is 77.7 Å². The molecule has 2 aromatic carbocycles. The van der Waals surface area contributed by atoms with E-state index in [9.17, 15) is 27.6 Å². The molecule has 0 aliphatic carbocycles. The van der Waals surface area contributed by atoms with E-state index in [1.54, 1.807) is 52.0 Å². The highest BCUT2D eigenvalue weighted by Crippen LogP contribution is 2.39. The van der Waals surface area contributed by atoms with Crippen LogP contribution in [0.4, 0.5) is 13.2 Å². The summed E-state index contributed by atoms with van der Waals surface area (Å²) in [5.41, 5.74) is 0.849. The molecule has 0 saturated heterocycles. The van der Waals surface area contributed by atoms with Crippen molar-refractivity contribution < 1.29 is 41.8 Å². The SMILES string of the molecule is CCC[C@H](c1ccc(C(=O)NCCC(=O)OCC)cc1)[C@@H](C(=O)OC(C)(C)C)c1ccc(OC(F)(F)F)cc1. The summed E-state index contributed by atoms with van der Waals surface area (Å²) in [6.07, 6.45) is -3.48. The number of alkyl halides is 3. The Morgan fingerprint density at radius 2 is 1.49 bits per heavy atom. The lowest BCUT2D eigenvalue weighted by Gasteiger charge is -2.30. The fourth-order valence-corrected chi connectivity index (χ4v) is 4.11. The third kappa shape index (κ3) is 10.6. The molecule has 1 amide bonds. The Hall–Kier alpha value is -3.56. The molecule has 0 saturated carbocycles. The molecule has 0 aromatic heterocycles. The van der Waals surface area contributed by atoms with Gasteiger partial charge in [-0.3, -0.25) is 14.4 Å².